The molecular weight excluding hydrogens is 430 g/mol. The SMILES string of the molecule is CC(C)(C)OC(=O)NCCN(CC(=O)O)C(=O)CCCCCNC(=O)OCc1ccccc1. The van der Waals surface area contributed by atoms with E-state index in [4.69, 9.17) is 14.6 Å². The number of alkyl carbamates (subject to hydrolysis) is 2. The number of carboxylic acid groups (broad SMARTS) is 1. The molecule has 33 heavy (non-hydrogen) atoms. The van der Waals surface area contributed by atoms with Gasteiger partial charge in [0.15, 0.2) is 0 Å². The van der Waals surface area contributed by atoms with Gasteiger partial charge in [0.1, 0.15) is 18.8 Å². The van der Waals surface area contributed by atoms with Crippen molar-refractivity contribution in [3.8, 4) is 0 Å². The van der Waals surface area contributed by atoms with Crippen molar-refractivity contribution in [3.63, 3.8) is 0 Å². The van der Waals surface area contributed by atoms with E-state index in [0.29, 0.717) is 25.8 Å². The number of hydrogen-bond donors (Lipinski definition) is 3. The van der Waals surface area contributed by atoms with Crippen LogP contribution in [0.5, 0.6) is 0 Å². The molecule has 0 aliphatic carbocycles. The molecule has 0 aromatic heterocycles. The molecule has 3 N–H and O–H groups in total. The van der Waals surface area contributed by atoms with Crippen LogP contribution in [0.2, 0.25) is 0 Å². The summed E-state index contributed by atoms with van der Waals surface area (Å²) in [6, 6.07) is 9.35. The predicted octanol–water partition coefficient (Wildman–Crippen LogP) is 2.91. The molecule has 10 heteroatoms. The minimum absolute atomic E-state index is 0.0686. The second kappa shape index (κ2) is 14.7. The van der Waals surface area contributed by atoms with Crippen molar-refractivity contribution >= 4 is 24.1 Å². The molecule has 0 aliphatic rings. The van der Waals surface area contributed by atoms with Gasteiger partial charge >= 0.3 is 18.2 Å². The zero-order valence-corrected chi connectivity index (χ0v) is 19.6. The largest absolute Gasteiger partial charge is 0.480 e. The summed E-state index contributed by atoms with van der Waals surface area (Å²) >= 11 is 0. The van der Waals surface area contributed by atoms with Crippen LogP contribution >= 0.6 is 0 Å². The Balaban J connectivity index is 2.22. The second-order valence-electron chi connectivity index (χ2n) is 8.44. The molecule has 1 rings (SSSR count). The number of nitrogens with zero attached hydrogens (tertiary/aromatic N) is 1. The molecule has 0 atom stereocenters. The van der Waals surface area contributed by atoms with Crippen LogP contribution in [0.15, 0.2) is 30.3 Å². The summed E-state index contributed by atoms with van der Waals surface area (Å²) in [5.74, 6) is -1.43. The summed E-state index contributed by atoms with van der Waals surface area (Å²) in [6.07, 6.45) is 0.946. The van der Waals surface area contributed by atoms with Gasteiger partial charge in [-0.3, -0.25) is 9.59 Å². The minimum Gasteiger partial charge on any atom is -0.480 e. The summed E-state index contributed by atoms with van der Waals surface area (Å²) in [6.45, 7) is 5.53. The third-order valence-electron chi connectivity index (χ3n) is 4.28. The van der Waals surface area contributed by atoms with Crippen molar-refractivity contribution in [2.45, 2.75) is 58.7 Å². The maximum atomic E-state index is 12.4. The monoisotopic (exact) mass is 465 g/mol. The third kappa shape index (κ3) is 14.4. The van der Waals surface area contributed by atoms with E-state index in [-0.39, 0.29) is 32.0 Å². The minimum atomic E-state index is -1.13. The van der Waals surface area contributed by atoms with Crippen LogP contribution in [-0.4, -0.2) is 65.8 Å². The quantitative estimate of drug-likeness (QED) is 0.381. The number of hydrogen-bond acceptors (Lipinski definition) is 6. The fourth-order valence-electron chi connectivity index (χ4n) is 2.76. The van der Waals surface area contributed by atoms with Crippen LogP contribution in [-0.2, 0) is 25.7 Å². The highest BCUT2D eigenvalue weighted by Gasteiger charge is 2.18. The summed E-state index contributed by atoms with van der Waals surface area (Å²) in [5.41, 5.74) is 0.257. The molecule has 1 aromatic rings. The van der Waals surface area contributed by atoms with Crippen molar-refractivity contribution < 1.29 is 33.8 Å². The first-order chi connectivity index (χ1) is 15.6. The Hall–Kier alpha value is -3.30. The number of nitrogens with one attached hydrogen (secondary N) is 2. The van der Waals surface area contributed by atoms with E-state index in [1.54, 1.807) is 20.8 Å². The van der Waals surface area contributed by atoms with Crippen LogP contribution in [0.25, 0.3) is 0 Å². The number of benzene rings is 1. The molecule has 0 saturated heterocycles. The number of aliphatic carboxylic acids is 1. The fraction of sp³-hybridized carbons (Fsp3) is 0.565. The molecule has 1 aromatic carbocycles. The maximum absolute atomic E-state index is 12.4. The average Bonchev–Trinajstić information content (AvgIpc) is 2.73. The average molecular weight is 466 g/mol. The zero-order valence-electron chi connectivity index (χ0n) is 19.6. The van der Waals surface area contributed by atoms with Crippen LogP contribution < -0.4 is 10.6 Å². The van der Waals surface area contributed by atoms with Gasteiger partial charge in [-0.25, -0.2) is 9.59 Å². The Bertz CT molecular complexity index is 763. The molecule has 0 spiro atoms. The van der Waals surface area contributed by atoms with Gasteiger partial charge in [0.2, 0.25) is 5.91 Å². The number of unbranched alkanes of at least 4 members (excludes halogenated alkanes) is 2. The lowest BCUT2D eigenvalue weighted by molar-refractivity contribution is -0.144. The van der Waals surface area contributed by atoms with Gasteiger partial charge in [0.05, 0.1) is 0 Å². The van der Waals surface area contributed by atoms with Gasteiger partial charge < -0.3 is 30.1 Å². The highest BCUT2D eigenvalue weighted by molar-refractivity contribution is 5.81. The molecule has 0 aliphatic heterocycles. The Labute approximate surface area is 194 Å². The van der Waals surface area contributed by atoms with E-state index < -0.39 is 30.3 Å². The molecular formula is C23H35N3O7. The number of carbonyl (C=O) groups excluding carboxylic acids is 3. The Morgan fingerprint density at radius 2 is 1.61 bits per heavy atom. The standard InChI is InChI=1S/C23H35N3O7/c1-23(2,3)33-22(31)25-14-15-26(16-20(28)29)19(27)12-8-5-9-13-24-21(30)32-17-18-10-6-4-7-11-18/h4,6-7,10-11H,5,8-9,12-17H2,1-3H3,(H,24,30)(H,25,31)(H,28,29). The number of carboxylic acids is 1. The number of amides is 3. The van der Waals surface area contributed by atoms with Crippen molar-refractivity contribution in [2.75, 3.05) is 26.2 Å². The first kappa shape index (κ1) is 27.7. The van der Waals surface area contributed by atoms with Crippen molar-refractivity contribution in [3.05, 3.63) is 35.9 Å². The molecule has 3 amide bonds. The van der Waals surface area contributed by atoms with E-state index >= 15 is 0 Å². The van der Waals surface area contributed by atoms with Crippen LogP contribution in [0.1, 0.15) is 52.0 Å². The van der Waals surface area contributed by atoms with Gasteiger partial charge in [0, 0.05) is 26.1 Å². The smallest absolute Gasteiger partial charge is 0.407 e. The molecule has 0 heterocycles. The lowest BCUT2D eigenvalue weighted by Crippen LogP contribution is -2.42. The maximum Gasteiger partial charge on any atom is 0.407 e. The fourth-order valence-corrected chi connectivity index (χ4v) is 2.76. The Morgan fingerprint density at radius 3 is 2.24 bits per heavy atom. The van der Waals surface area contributed by atoms with Gasteiger partial charge in [-0.05, 0) is 39.2 Å². The topological polar surface area (TPSA) is 134 Å². The van der Waals surface area contributed by atoms with E-state index in [1.165, 1.54) is 4.90 Å². The highest BCUT2D eigenvalue weighted by Crippen LogP contribution is 2.07. The Kier molecular flexibility index (Phi) is 12.4. The predicted molar refractivity (Wildman–Crippen MR) is 122 cm³/mol. The van der Waals surface area contributed by atoms with E-state index in [0.717, 1.165) is 5.56 Å². The number of rotatable bonds is 13. The third-order valence-corrected chi connectivity index (χ3v) is 4.28. The van der Waals surface area contributed by atoms with Crippen molar-refractivity contribution in [1.82, 2.24) is 15.5 Å². The summed E-state index contributed by atoms with van der Waals surface area (Å²) in [5, 5.41) is 14.2. The molecule has 184 valence electrons. The molecule has 10 nitrogen and oxygen atoms in total. The molecule has 0 bridgehead atoms. The normalized spacial score (nSPS) is 10.8. The lowest BCUT2D eigenvalue weighted by Gasteiger charge is -2.23. The van der Waals surface area contributed by atoms with Crippen LogP contribution in [0.4, 0.5) is 9.59 Å². The van der Waals surface area contributed by atoms with E-state index in [1.807, 2.05) is 30.3 Å². The van der Waals surface area contributed by atoms with E-state index in [9.17, 15) is 19.2 Å². The molecule has 0 fully saturated rings. The van der Waals surface area contributed by atoms with Gasteiger partial charge in [-0.2, -0.15) is 0 Å². The summed E-state index contributed by atoms with van der Waals surface area (Å²) in [4.78, 5) is 48.0. The first-order valence-electron chi connectivity index (χ1n) is 11.0. The van der Waals surface area contributed by atoms with Gasteiger partial charge in [-0.15, -0.1) is 0 Å². The van der Waals surface area contributed by atoms with Crippen LogP contribution in [0.3, 0.4) is 0 Å². The first-order valence-corrected chi connectivity index (χ1v) is 11.0. The van der Waals surface area contributed by atoms with Gasteiger partial charge in [0.25, 0.3) is 0 Å². The lowest BCUT2D eigenvalue weighted by atomic mass is 10.1. The second-order valence-corrected chi connectivity index (χ2v) is 8.44. The van der Waals surface area contributed by atoms with Crippen molar-refractivity contribution in [1.29, 1.82) is 0 Å². The van der Waals surface area contributed by atoms with Gasteiger partial charge in [-0.1, -0.05) is 36.8 Å². The number of ether oxygens (including phenoxy) is 2. The molecule has 0 radical (unpaired) electrons. The summed E-state index contributed by atoms with van der Waals surface area (Å²) < 4.78 is 10.2. The highest BCUT2D eigenvalue weighted by atomic mass is 16.6. The number of carbonyl (C=O) groups is 4. The van der Waals surface area contributed by atoms with E-state index in [2.05, 4.69) is 10.6 Å². The molecule has 0 unspecified atom stereocenters. The summed E-state index contributed by atoms with van der Waals surface area (Å²) in [7, 11) is 0. The van der Waals surface area contributed by atoms with Crippen molar-refractivity contribution in [2.24, 2.45) is 0 Å². The zero-order chi connectivity index (χ0) is 24.7. The van der Waals surface area contributed by atoms with Crippen LogP contribution in [0, 0.1) is 0 Å². The molecule has 0 saturated carbocycles. The Morgan fingerprint density at radius 1 is 0.939 bits per heavy atom.